The second-order valence-electron chi connectivity index (χ2n) is 6.06. The summed E-state index contributed by atoms with van der Waals surface area (Å²) < 4.78 is 59.7. The number of imidazole rings is 1. The fourth-order valence-corrected chi connectivity index (χ4v) is 3.04. The van der Waals surface area contributed by atoms with Crippen LogP contribution in [0.3, 0.4) is 0 Å². The van der Waals surface area contributed by atoms with Crippen LogP contribution in [0.5, 0.6) is 0 Å². The highest BCUT2D eigenvalue weighted by Crippen LogP contribution is 2.37. The number of fused-ring (bicyclic) bond motifs is 1. The lowest BCUT2D eigenvalue weighted by Crippen LogP contribution is -2.13. The molecule has 3 aromatic heterocycles. The molecule has 0 aliphatic carbocycles. The number of hydrogen-bond donors (Lipinski definition) is 1. The van der Waals surface area contributed by atoms with E-state index in [4.69, 9.17) is 16.0 Å². The van der Waals surface area contributed by atoms with Crippen molar-refractivity contribution in [3.63, 3.8) is 0 Å². The number of halogens is 5. The molecule has 0 spiro atoms. The molecule has 0 saturated carbocycles. The van der Waals surface area contributed by atoms with E-state index in [-0.39, 0.29) is 16.4 Å². The number of furan rings is 1. The van der Waals surface area contributed by atoms with Crippen LogP contribution in [0.2, 0.25) is 5.15 Å². The molecule has 1 amide bonds. The van der Waals surface area contributed by atoms with Crippen LogP contribution in [0.15, 0.2) is 59.5 Å². The molecule has 0 radical (unpaired) electrons. The number of rotatable bonds is 3. The molecule has 10 heteroatoms. The molecular weight excluding hydrogens is 414 g/mol. The van der Waals surface area contributed by atoms with Gasteiger partial charge >= 0.3 is 6.18 Å². The molecule has 5 nitrogen and oxygen atoms in total. The molecule has 4 rings (SSSR count). The van der Waals surface area contributed by atoms with Gasteiger partial charge in [0.25, 0.3) is 5.91 Å². The SMILES string of the molecule is O=C(Nc1ccc(F)cc1)c1nc2c(C(F)(F)F)cc(-c3ccoc3)cn2c1Cl. The maximum absolute atomic E-state index is 13.6. The molecule has 0 unspecified atom stereocenters. The van der Waals surface area contributed by atoms with Crippen LogP contribution < -0.4 is 5.32 Å². The molecule has 1 aromatic carbocycles. The summed E-state index contributed by atoms with van der Waals surface area (Å²) in [7, 11) is 0. The monoisotopic (exact) mass is 423 g/mol. The molecule has 29 heavy (non-hydrogen) atoms. The van der Waals surface area contributed by atoms with Crippen molar-refractivity contribution in [2.24, 2.45) is 0 Å². The quantitative estimate of drug-likeness (QED) is 0.433. The van der Waals surface area contributed by atoms with Gasteiger partial charge in [-0.25, -0.2) is 9.37 Å². The fourth-order valence-electron chi connectivity index (χ4n) is 2.78. The number of hydrogen-bond acceptors (Lipinski definition) is 3. The van der Waals surface area contributed by atoms with Gasteiger partial charge in [0.2, 0.25) is 0 Å². The third kappa shape index (κ3) is 3.56. The summed E-state index contributed by atoms with van der Waals surface area (Å²) in [5, 5.41) is 2.13. The molecule has 148 valence electrons. The Balaban J connectivity index is 1.83. The number of carbonyl (C=O) groups excluding carboxylic acids is 1. The third-order valence-corrected chi connectivity index (χ3v) is 4.50. The van der Waals surface area contributed by atoms with Gasteiger partial charge in [0, 0.05) is 23.0 Å². The van der Waals surface area contributed by atoms with Gasteiger partial charge < -0.3 is 9.73 Å². The van der Waals surface area contributed by atoms with E-state index in [1.165, 1.54) is 36.9 Å². The molecule has 0 aliphatic heterocycles. The van der Waals surface area contributed by atoms with E-state index >= 15 is 0 Å². The lowest BCUT2D eigenvalue weighted by atomic mass is 10.1. The van der Waals surface area contributed by atoms with Crippen molar-refractivity contribution >= 4 is 28.8 Å². The molecule has 3 heterocycles. The Morgan fingerprint density at radius 1 is 1.14 bits per heavy atom. The summed E-state index contributed by atoms with van der Waals surface area (Å²) in [4.78, 5) is 16.3. The van der Waals surface area contributed by atoms with Gasteiger partial charge in [-0.05, 0) is 36.4 Å². The van der Waals surface area contributed by atoms with E-state index in [1.807, 2.05) is 0 Å². The molecule has 0 bridgehead atoms. The van der Waals surface area contributed by atoms with Gasteiger partial charge in [-0.1, -0.05) is 11.6 Å². The van der Waals surface area contributed by atoms with E-state index in [0.29, 0.717) is 5.56 Å². The van der Waals surface area contributed by atoms with E-state index in [2.05, 4.69) is 10.3 Å². The zero-order chi connectivity index (χ0) is 20.8. The van der Waals surface area contributed by atoms with Crippen molar-refractivity contribution in [2.45, 2.75) is 6.18 Å². The zero-order valence-electron chi connectivity index (χ0n) is 14.3. The first kappa shape index (κ1) is 19.0. The van der Waals surface area contributed by atoms with Crippen LogP contribution in [0.1, 0.15) is 16.1 Å². The van der Waals surface area contributed by atoms with Crippen LogP contribution in [-0.4, -0.2) is 15.3 Å². The number of amides is 1. The highest BCUT2D eigenvalue weighted by molar-refractivity contribution is 6.33. The normalized spacial score (nSPS) is 11.8. The Hall–Kier alpha value is -3.33. The summed E-state index contributed by atoms with van der Waals surface area (Å²) in [5.41, 5.74) is -1.15. The molecule has 0 aliphatic rings. The molecule has 0 saturated heterocycles. The van der Waals surface area contributed by atoms with Crippen molar-refractivity contribution in [3.8, 4) is 11.1 Å². The maximum atomic E-state index is 13.6. The largest absolute Gasteiger partial charge is 0.472 e. The second kappa shape index (κ2) is 6.93. The topological polar surface area (TPSA) is 59.5 Å². The fraction of sp³-hybridized carbons (Fsp3) is 0.0526. The Morgan fingerprint density at radius 2 is 1.86 bits per heavy atom. The molecule has 0 fully saturated rings. The minimum Gasteiger partial charge on any atom is -0.472 e. The summed E-state index contributed by atoms with van der Waals surface area (Å²) in [6, 6.07) is 7.25. The summed E-state index contributed by atoms with van der Waals surface area (Å²) >= 11 is 6.19. The Labute approximate surface area is 165 Å². The number of nitrogens with one attached hydrogen (secondary N) is 1. The number of benzene rings is 1. The van der Waals surface area contributed by atoms with E-state index in [9.17, 15) is 22.4 Å². The summed E-state index contributed by atoms with van der Waals surface area (Å²) in [5.74, 6) is -1.33. The average Bonchev–Trinajstić information content (AvgIpc) is 3.31. The minimum absolute atomic E-state index is 0.184. The van der Waals surface area contributed by atoms with Crippen LogP contribution in [-0.2, 0) is 6.18 Å². The highest BCUT2D eigenvalue weighted by atomic mass is 35.5. The first-order chi connectivity index (χ1) is 13.7. The van der Waals surface area contributed by atoms with Crippen molar-refractivity contribution in [1.29, 1.82) is 0 Å². The lowest BCUT2D eigenvalue weighted by Gasteiger charge is -2.10. The van der Waals surface area contributed by atoms with E-state index in [0.717, 1.165) is 22.6 Å². The smallest absolute Gasteiger partial charge is 0.420 e. The van der Waals surface area contributed by atoms with Gasteiger partial charge in [0.05, 0.1) is 18.1 Å². The standard InChI is InChI=1S/C19H10ClF4N3O2/c20-16-15(18(28)25-13-3-1-12(21)2-4-13)26-17-14(19(22,23)24)7-11(8-27(16)17)10-5-6-29-9-10/h1-9H,(H,25,28). The number of pyridine rings is 1. The number of aromatic nitrogens is 2. The lowest BCUT2D eigenvalue weighted by molar-refractivity contribution is -0.136. The van der Waals surface area contributed by atoms with Crippen LogP contribution in [0.4, 0.5) is 23.2 Å². The number of alkyl halides is 3. The van der Waals surface area contributed by atoms with Gasteiger partial charge in [-0.3, -0.25) is 9.20 Å². The highest BCUT2D eigenvalue weighted by Gasteiger charge is 2.36. The second-order valence-corrected chi connectivity index (χ2v) is 6.42. The summed E-state index contributed by atoms with van der Waals surface area (Å²) in [6.45, 7) is 0. The number of nitrogens with zero attached hydrogens (tertiary/aromatic N) is 2. The Bertz CT molecular complexity index is 1200. The molecular formula is C19H10ClF4N3O2. The molecule has 1 N–H and O–H groups in total. The average molecular weight is 424 g/mol. The Kier molecular flexibility index (Phi) is 4.54. The Morgan fingerprint density at radius 3 is 2.48 bits per heavy atom. The van der Waals surface area contributed by atoms with Crippen LogP contribution in [0.25, 0.3) is 16.8 Å². The van der Waals surface area contributed by atoms with Crippen molar-refractivity contribution in [1.82, 2.24) is 9.38 Å². The molecule has 0 atom stereocenters. The first-order valence-corrected chi connectivity index (χ1v) is 8.50. The van der Waals surface area contributed by atoms with Crippen molar-refractivity contribution in [3.05, 3.63) is 77.3 Å². The van der Waals surface area contributed by atoms with Gasteiger partial charge in [0.1, 0.15) is 11.0 Å². The third-order valence-electron chi connectivity index (χ3n) is 4.14. The number of anilines is 1. The van der Waals surface area contributed by atoms with Crippen LogP contribution >= 0.6 is 11.6 Å². The zero-order valence-corrected chi connectivity index (χ0v) is 15.1. The van der Waals surface area contributed by atoms with Crippen molar-refractivity contribution < 1.29 is 26.8 Å². The predicted octanol–water partition coefficient (Wildman–Crippen LogP) is 5.66. The van der Waals surface area contributed by atoms with Crippen LogP contribution in [0, 0.1) is 5.82 Å². The van der Waals surface area contributed by atoms with E-state index in [1.54, 1.807) is 0 Å². The van der Waals surface area contributed by atoms with Gasteiger partial charge in [-0.15, -0.1) is 0 Å². The summed E-state index contributed by atoms with van der Waals surface area (Å²) in [6.07, 6.45) is -0.794. The minimum atomic E-state index is -4.74. The van der Waals surface area contributed by atoms with Crippen molar-refractivity contribution in [2.75, 3.05) is 5.32 Å². The maximum Gasteiger partial charge on any atom is 0.420 e. The van der Waals surface area contributed by atoms with E-state index < -0.39 is 34.8 Å². The molecule has 4 aromatic rings. The van der Waals surface area contributed by atoms with Gasteiger partial charge in [-0.2, -0.15) is 13.2 Å². The van der Waals surface area contributed by atoms with Gasteiger partial charge in [0.15, 0.2) is 11.3 Å². The first-order valence-electron chi connectivity index (χ1n) is 8.12. The number of carbonyl (C=O) groups is 1. The predicted molar refractivity (Wildman–Crippen MR) is 97.3 cm³/mol.